The average molecular weight is 345 g/mol. The summed E-state index contributed by atoms with van der Waals surface area (Å²) in [6.45, 7) is 6.33. The fourth-order valence-electron chi connectivity index (χ4n) is 2.88. The maximum atomic E-state index is 11.3. The van der Waals surface area contributed by atoms with E-state index in [0.717, 1.165) is 29.2 Å². The molecule has 6 nitrogen and oxygen atoms in total. The number of nitrogens with two attached hydrogens (primary N) is 1. The molecule has 0 saturated heterocycles. The monoisotopic (exact) mass is 345 g/mol. The molecule has 7 heteroatoms. The first kappa shape index (κ1) is 16.7. The van der Waals surface area contributed by atoms with Crippen LogP contribution in [0.5, 0.6) is 0 Å². The van der Waals surface area contributed by atoms with Crippen molar-refractivity contribution in [2.24, 2.45) is 5.73 Å². The van der Waals surface area contributed by atoms with Gasteiger partial charge in [0.05, 0.1) is 12.2 Å². The highest BCUT2D eigenvalue weighted by atomic mass is 32.1. The Morgan fingerprint density at radius 3 is 2.96 bits per heavy atom. The number of rotatable bonds is 4. The van der Waals surface area contributed by atoms with E-state index in [-0.39, 0.29) is 6.03 Å². The number of aromatic nitrogens is 2. The van der Waals surface area contributed by atoms with Gasteiger partial charge >= 0.3 is 6.03 Å². The first-order chi connectivity index (χ1) is 11.5. The maximum absolute atomic E-state index is 11.3. The van der Waals surface area contributed by atoms with Gasteiger partial charge in [-0.2, -0.15) is 0 Å². The molecule has 0 radical (unpaired) electrons. The van der Waals surface area contributed by atoms with Crippen molar-refractivity contribution >= 4 is 27.9 Å². The zero-order valence-electron chi connectivity index (χ0n) is 14.3. The SMILES string of the molecule is CNC/C(C)=C/C=C(\C)c1cn2c3c(sc2n1)CN(C(N)=O)CC3. The number of nitrogens with zero attached hydrogens (tertiary/aromatic N) is 3. The minimum atomic E-state index is -0.352. The highest BCUT2D eigenvalue weighted by Gasteiger charge is 2.24. The lowest BCUT2D eigenvalue weighted by Gasteiger charge is -2.24. The fraction of sp³-hybridized carbons (Fsp3) is 0.412. The van der Waals surface area contributed by atoms with Crippen molar-refractivity contribution in [3.05, 3.63) is 40.2 Å². The molecule has 0 unspecified atom stereocenters. The molecule has 3 heterocycles. The molecule has 2 aromatic rings. The number of likely N-dealkylation sites (N-methyl/N-ethyl adjacent to an activating group) is 1. The molecule has 2 aromatic heterocycles. The van der Waals surface area contributed by atoms with E-state index in [1.54, 1.807) is 16.2 Å². The van der Waals surface area contributed by atoms with Crippen molar-refractivity contribution in [2.45, 2.75) is 26.8 Å². The van der Waals surface area contributed by atoms with Gasteiger partial charge in [-0.05, 0) is 26.5 Å². The summed E-state index contributed by atoms with van der Waals surface area (Å²) < 4.78 is 2.16. The predicted octanol–water partition coefficient (Wildman–Crippen LogP) is 2.40. The number of nitrogens with one attached hydrogen (secondary N) is 1. The second-order valence-corrected chi connectivity index (χ2v) is 7.22. The largest absolute Gasteiger partial charge is 0.351 e. The number of amides is 2. The maximum Gasteiger partial charge on any atom is 0.315 e. The van der Waals surface area contributed by atoms with Crippen molar-refractivity contribution in [2.75, 3.05) is 20.1 Å². The molecule has 3 N–H and O–H groups in total. The minimum Gasteiger partial charge on any atom is -0.351 e. The third-order valence-corrected chi connectivity index (χ3v) is 5.32. The Morgan fingerprint density at radius 2 is 2.25 bits per heavy atom. The Balaban J connectivity index is 1.86. The van der Waals surface area contributed by atoms with E-state index in [9.17, 15) is 4.79 Å². The number of urea groups is 1. The van der Waals surface area contributed by atoms with E-state index in [0.29, 0.717) is 13.1 Å². The second-order valence-electron chi connectivity index (χ2n) is 6.15. The molecular weight excluding hydrogens is 322 g/mol. The number of imidazole rings is 1. The van der Waals surface area contributed by atoms with Crippen molar-refractivity contribution < 1.29 is 4.79 Å². The van der Waals surface area contributed by atoms with Crippen molar-refractivity contribution in [3.8, 4) is 0 Å². The summed E-state index contributed by atoms with van der Waals surface area (Å²) in [5.74, 6) is 0. The zero-order valence-corrected chi connectivity index (χ0v) is 15.1. The standard InChI is InChI=1S/C17H23N5OS/c1-11(8-19-3)4-5-12(2)13-9-22-14-6-7-21(16(18)23)10-15(14)24-17(22)20-13/h4-5,9,19H,6-8,10H2,1-3H3,(H2,18,23)/b11-4+,12-5+. The third-order valence-electron chi connectivity index (χ3n) is 4.24. The molecule has 0 aliphatic carbocycles. The Kier molecular flexibility index (Phi) is 4.73. The zero-order chi connectivity index (χ0) is 17.3. The molecule has 0 bridgehead atoms. The van der Waals surface area contributed by atoms with Crippen LogP contribution in [-0.4, -0.2) is 40.5 Å². The first-order valence-corrected chi connectivity index (χ1v) is 8.84. The molecule has 1 aliphatic rings. The van der Waals surface area contributed by atoms with Gasteiger partial charge in [-0.25, -0.2) is 9.78 Å². The van der Waals surface area contributed by atoms with Gasteiger partial charge in [-0.15, -0.1) is 0 Å². The number of primary amides is 1. The van der Waals surface area contributed by atoms with Crippen molar-refractivity contribution in [3.63, 3.8) is 0 Å². The first-order valence-electron chi connectivity index (χ1n) is 8.02. The van der Waals surface area contributed by atoms with Crippen LogP contribution in [0.3, 0.4) is 0 Å². The number of carbonyl (C=O) groups is 1. The molecule has 2 amide bonds. The Labute approximate surface area is 145 Å². The summed E-state index contributed by atoms with van der Waals surface area (Å²) in [5, 5.41) is 3.14. The normalized spacial score (nSPS) is 15.9. The summed E-state index contributed by atoms with van der Waals surface area (Å²) in [4.78, 5) is 19.9. The van der Waals surface area contributed by atoms with Gasteiger partial charge in [0, 0.05) is 36.3 Å². The topological polar surface area (TPSA) is 75.7 Å². The smallest absolute Gasteiger partial charge is 0.315 e. The van der Waals surface area contributed by atoms with Gasteiger partial charge in [-0.1, -0.05) is 29.1 Å². The van der Waals surface area contributed by atoms with E-state index in [2.05, 4.69) is 41.9 Å². The molecule has 0 atom stereocenters. The molecule has 0 saturated carbocycles. The molecule has 0 spiro atoms. The van der Waals surface area contributed by atoms with E-state index in [4.69, 9.17) is 10.7 Å². The Hall–Kier alpha value is -2.12. The van der Waals surface area contributed by atoms with Crippen LogP contribution in [0.2, 0.25) is 0 Å². The van der Waals surface area contributed by atoms with Crippen LogP contribution in [0.25, 0.3) is 10.5 Å². The molecule has 24 heavy (non-hydrogen) atoms. The average Bonchev–Trinajstić information content (AvgIpc) is 3.09. The summed E-state index contributed by atoms with van der Waals surface area (Å²) in [6.07, 6.45) is 7.15. The van der Waals surface area contributed by atoms with E-state index >= 15 is 0 Å². The number of hydrogen-bond donors (Lipinski definition) is 2. The van der Waals surface area contributed by atoms with Crippen LogP contribution in [-0.2, 0) is 13.0 Å². The van der Waals surface area contributed by atoms with Gasteiger partial charge in [-0.3, -0.25) is 4.40 Å². The Bertz CT molecular complexity index is 830. The van der Waals surface area contributed by atoms with Gasteiger partial charge in [0.2, 0.25) is 0 Å². The van der Waals surface area contributed by atoms with Crippen molar-refractivity contribution in [1.29, 1.82) is 0 Å². The van der Waals surface area contributed by atoms with Crippen molar-refractivity contribution in [1.82, 2.24) is 19.6 Å². The molecular formula is C17H23N5OS. The second kappa shape index (κ2) is 6.78. The van der Waals surface area contributed by atoms with Crippen LogP contribution in [0.1, 0.15) is 30.1 Å². The lowest BCUT2D eigenvalue weighted by atomic mass is 10.1. The quantitative estimate of drug-likeness (QED) is 0.836. The highest BCUT2D eigenvalue weighted by Crippen LogP contribution is 2.30. The summed E-state index contributed by atoms with van der Waals surface area (Å²) in [6, 6.07) is -0.352. The Morgan fingerprint density at radius 1 is 1.46 bits per heavy atom. The number of fused-ring (bicyclic) bond motifs is 3. The van der Waals surface area contributed by atoms with Crippen LogP contribution < -0.4 is 11.1 Å². The van der Waals surface area contributed by atoms with E-state index in [1.807, 2.05) is 7.05 Å². The molecule has 3 rings (SSSR count). The molecule has 0 fully saturated rings. The van der Waals surface area contributed by atoms with Gasteiger partial charge in [0.15, 0.2) is 4.96 Å². The van der Waals surface area contributed by atoms with Gasteiger partial charge < -0.3 is 16.0 Å². The van der Waals surface area contributed by atoms with Crippen LogP contribution in [0.4, 0.5) is 4.79 Å². The predicted molar refractivity (Wildman–Crippen MR) is 98.1 cm³/mol. The highest BCUT2D eigenvalue weighted by molar-refractivity contribution is 7.17. The van der Waals surface area contributed by atoms with Crippen LogP contribution >= 0.6 is 11.3 Å². The number of hydrogen-bond acceptors (Lipinski definition) is 4. The third kappa shape index (κ3) is 3.22. The molecule has 128 valence electrons. The fourth-order valence-corrected chi connectivity index (χ4v) is 4.04. The molecule has 0 aromatic carbocycles. The van der Waals surface area contributed by atoms with Crippen LogP contribution in [0, 0.1) is 0 Å². The summed E-state index contributed by atoms with van der Waals surface area (Å²) >= 11 is 1.64. The number of allylic oxidation sites excluding steroid dienone is 3. The van der Waals surface area contributed by atoms with E-state index < -0.39 is 0 Å². The summed E-state index contributed by atoms with van der Waals surface area (Å²) in [7, 11) is 1.94. The molecule has 1 aliphatic heterocycles. The minimum absolute atomic E-state index is 0.352. The lowest BCUT2D eigenvalue weighted by molar-refractivity contribution is 0.202. The van der Waals surface area contributed by atoms with Crippen LogP contribution in [0.15, 0.2) is 23.9 Å². The lowest BCUT2D eigenvalue weighted by Crippen LogP contribution is -2.39. The number of carbonyl (C=O) groups excluding carboxylic acids is 1. The van der Waals surface area contributed by atoms with Gasteiger partial charge in [0.25, 0.3) is 0 Å². The van der Waals surface area contributed by atoms with E-state index in [1.165, 1.54) is 16.1 Å². The summed E-state index contributed by atoms with van der Waals surface area (Å²) in [5.41, 5.74) is 10.1. The van der Waals surface area contributed by atoms with Gasteiger partial charge in [0.1, 0.15) is 0 Å². The number of thiazole rings is 1.